The van der Waals surface area contributed by atoms with E-state index in [1.807, 2.05) is 54.3 Å². The third-order valence-corrected chi connectivity index (χ3v) is 6.77. The first-order valence-corrected chi connectivity index (χ1v) is 12.1. The Balaban J connectivity index is 1.39. The Morgan fingerprint density at radius 2 is 2.03 bits per heavy atom. The highest BCUT2D eigenvalue weighted by Gasteiger charge is 2.26. The molecule has 0 spiro atoms. The van der Waals surface area contributed by atoms with Gasteiger partial charge in [-0.05, 0) is 66.4 Å². The minimum absolute atomic E-state index is 0.280. The first-order valence-electron chi connectivity index (χ1n) is 12.1. The van der Waals surface area contributed by atoms with E-state index in [0.717, 1.165) is 41.0 Å². The molecule has 5 aromatic rings. The van der Waals surface area contributed by atoms with E-state index in [1.54, 1.807) is 17.1 Å². The lowest BCUT2D eigenvalue weighted by molar-refractivity contribution is -0.460. The smallest absolute Gasteiger partial charge is 0.218 e. The van der Waals surface area contributed by atoms with Crippen molar-refractivity contribution in [1.29, 1.82) is 0 Å². The maximum Gasteiger partial charge on any atom is 0.218 e. The molecule has 10 heteroatoms. The Morgan fingerprint density at radius 1 is 1.08 bits per heavy atom. The van der Waals surface area contributed by atoms with Crippen LogP contribution in [0, 0.1) is 0 Å². The maximum absolute atomic E-state index is 6.30. The highest BCUT2D eigenvalue weighted by atomic mass is 15.5. The molecule has 7 rings (SSSR count). The summed E-state index contributed by atoms with van der Waals surface area (Å²) in [6.45, 7) is 1.94. The number of allylic oxidation sites excluding steroid dienone is 1. The first-order chi connectivity index (χ1) is 18.1. The molecule has 180 valence electrons. The molecule has 1 atom stereocenters. The van der Waals surface area contributed by atoms with Crippen molar-refractivity contribution < 1.29 is 4.68 Å². The van der Waals surface area contributed by atoms with Gasteiger partial charge in [0, 0.05) is 37.1 Å². The molecule has 2 N–H and O–H groups in total. The number of rotatable bonds is 4. The number of imidazole rings is 1. The number of aromatic nitrogens is 6. The van der Waals surface area contributed by atoms with Gasteiger partial charge in [0.1, 0.15) is 22.8 Å². The maximum atomic E-state index is 6.30. The van der Waals surface area contributed by atoms with Gasteiger partial charge < -0.3 is 5.73 Å². The summed E-state index contributed by atoms with van der Waals surface area (Å²) in [6.07, 6.45) is 11.4. The summed E-state index contributed by atoms with van der Waals surface area (Å²) in [5.74, 6) is 2.11. The molecule has 5 heterocycles. The van der Waals surface area contributed by atoms with Gasteiger partial charge in [0.25, 0.3) is 0 Å². The fourth-order valence-corrected chi connectivity index (χ4v) is 5.06. The van der Waals surface area contributed by atoms with Gasteiger partial charge in [0.2, 0.25) is 5.70 Å². The summed E-state index contributed by atoms with van der Waals surface area (Å²) in [5.41, 5.74) is 13.0. The molecule has 1 aromatic carbocycles. The molecule has 1 unspecified atom stereocenters. The molecule has 0 radical (unpaired) electrons. The van der Waals surface area contributed by atoms with Gasteiger partial charge in [-0.2, -0.15) is 5.10 Å². The summed E-state index contributed by atoms with van der Waals surface area (Å²) in [4.78, 5) is 14.2. The fourth-order valence-electron chi connectivity index (χ4n) is 5.06. The molecule has 4 aromatic heterocycles. The molecule has 0 saturated carbocycles. The standard InChI is InChI=1S/C27H23N10/c1-17-15-35(34-33-17)16-19-6-5-18-14-20(7-8-21(18)19)37-26(22-4-2-11-29-25(22)28)31-23-9-10-24(32-27(23)37)36-13-3-12-30-36/h2-4,7-16,19H,5-6H2,1H3,(H2,28,29)/q+1/b35-16-. The summed E-state index contributed by atoms with van der Waals surface area (Å²) < 4.78 is 5.62. The van der Waals surface area contributed by atoms with Crippen molar-refractivity contribution in [2.75, 3.05) is 5.73 Å². The van der Waals surface area contributed by atoms with Crippen LogP contribution in [0.15, 0.2) is 89.4 Å². The normalized spacial score (nSPS) is 17.6. The van der Waals surface area contributed by atoms with Gasteiger partial charge in [-0.15, -0.1) is 4.68 Å². The Bertz CT molecular complexity index is 1760. The van der Waals surface area contributed by atoms with Crippen LogP contribution < -0.4 is 5.73 Å². The van der Waals surface area contributed by atoms with Crippen LogP contribution >= 0.6 is 0 Å². The zero-order valence-electron chi connectivity index (χ0n) is 20.1. The monoisotopic (exact) mass is 487 g/mol. The predicted molar refractivity (Wildman–Crippen MR) is 140 cm³/mol. The number of aryl methyl sites for hydroxylation is 1. The zero-order chi connectivity index (χ0) is 24.9. The molecule has 1 aliphatic carbocycles. The summed E-state index contributed by atoms with van der Waals surface area (Å²) in [6, 6.07) is 16.1. The largest absolute Gasteiger partial charge is 0.383 e. The van der Waals surface area contributed by atoms with E-state index in [-0.39, 0.29) is 5.92 Å². The van der Waals surface area contributed by atoms with Crippen LogP contribution in [-0.4, -0.2) is 40.2 Å². The van der Waals surface area contributed by atoms with Crippen LogP contribution in [-0.2, 0) is 6.42 Å². The molecule has 0 saturated heterocycles. The number of benzene rings is 1. The first kappa shape index (κ1) is 21.3. The molecule has 10 nitrogen and oxygen atoms in total. The number of nitrogens with two attached hydrogens (primary N) is 1. The Morgan fingerprint density at radius 3 is 2.84 bits per heavy atom. The molecule has 0 fully saturated rings. The quantitative estimate of drug-likeness (QED) is 0.372. The number of pyridine rings is 2. The average molecular weight is 488 g/mol. The number of nitrogen functional groups attached to an aromatic ring is 1. The summed E-state index contributed by atoms with van der Waals surface area (Å²) >= 11 is 0. The van der Waals surface area contributed by atoms with Gasteiger partial charge in [-0.3, -0.25) is 4.57 Å². The van der Waals surface area contributed by atoms with Gasteiger partial charge in [0.15, 0.2) is 23.5 Å². The average Bonchev–Trinajstić information content (AvgIpc) is 3.71. The summed E-state index contributed by atoms with van der Waals surface area (Å²) in [7, 11) is 0. The van der Waals surface area contributed by atoms with Gasteiger partial charge in [-0.25, -0.2) is 19.6 Å². The van der Waals surface area contributed by atoms with E-state index in [1.165, 1.54) is 11.1 Å². The van der Waals surface area contributed by atoms with Crippen LogP contribution in [0.2, 0.25) is 0 Å². The van der Waals surface area contributed by atoms with Crippen LogP contribution in [0.25, 0.3) is 34.1 Å². The van der Waals surface area contributed by atoms with E-state index in [9.17, 15) is 0 Å². The fraction of sp³-hybridized carbons (Fsp3) is 0.148. The second kappa shape index (κ2) is 8.30. The molecule has 37 heavy (non-hydrogen) atoms. The number of nitrogens with zero attached hydrogens (tertiary/aromatic N) is 9. The minimum atomic E-state index is 0.280. The van der Waals surface area contributed by atoms with Crippen molar-refractivity contribution >= 4 is 23.2 Å². The molecule has 1 aliphatic heterocycles. The SMILES string of the molecule is CC1=C/[N+](=C/C2CCc3cc(-n4c(-c5cccnc5N)nc5ccc(-n6cccn6)nc54)ccc32)N=N1. The molecular formula is C27H23N10+. The van der Waals surface area contributed by atoms with Crippen LogP contribution in [0.3, 0.4) is 0 Å². The Kier molecular flexibility index (Phi) is 4.78. The summed E-state index contributed by atoms with van der Waals surface area (Å²) in [5, 5.41) is 12.6. The zero-order valence-corrected chi connectivity index (χ0v) is 20.1. The number of hydrogen-bond acceptors (Lipinski definition) is 7. The van der Waals surface area contributed by atoms with Crippen LogP contribution in [0.1, 0.15) is 30.4 Å². The van der Waals surface area contributed by atoms with E-state index < -0.39 is 0 Å². The van der Waals surface area contributed by atoms with Crippen molar-refractivity contribution in [3.05, 3.63) is 90.1 Å². The van der Waals surface area contributed by atoms with Gasteiger partial charge in [0.05, 0.1) is 10.7 Å². The van der Waals surface area contributed by atoms with Crippen molar-refractivity contribution in [3.63, 3.8) is 0 Å². The van der Waals surface area contributed by atoms with Crippen molar-refractivity contribution in [2.24, 2.45) is 10.3 Å². The minimum Gasteiger partial charge on any atom is -0.383 e. The number of hydrogen-bond donors (Lipinski definition) is 1. The molecular weight excluding hydrogens is 464 g/mol. The third-order valence-electron chi connectivity index (χ3n) is 6.77. The number of fused-ring (bicyclic) bond motifs is 2. The second-order valence-electron chi connectivity index (χ2n) is 9.19. The molecule has 0 bridgehead atoms. The Labute approximate surface area is 212 Å². The van der Waals surface area contributed by atoms with Crippen LogP contribution in [0.4, 0.5) is 5.82 Å². The topological polar surface area (TPSA) is 115 Å². The van der Waals surface area contributed by atoms with Crippen molar-refractivity contribution in [3.8, 4) is 22.9 Å². The van der Waals surface area contributed by atoms with Crippen molar-refractivity contribution in [2.45, 2.75) is 25.7 Å². The van der Waals surface area contributed by atoms with E-state index >= 15 is 0 Å². The number of anilines is 1. The van der Waals surface area contributed by atoms with Gasteiger partial charge >= 0.3 is 0 Å². The second-order valence-corrected chi connectivity index (χ2v) is 9.19. The van der Waals surface area contributed by atoms with E-state index in [4.69, 9.17) is 15.7 Å². The Hall–Kier alpha value is -4.99. The molecule has 0 amide bonds. The lowest BCUT2D eigenvalue weighted by Gasteiger charge is -2.13. The predicted octanol–water partition coefficient (Wildman–Crippen LogP) is 4.61. The van der Waals surface area contributed by atoms with E-state index in [0.29, 0.717) is 17.5 Å². The lowest BCUT2D eigenvalue weighted by atomic mass is 10.0. The highest BCUT2D eigenvalue weighted by Crippen LogP contribution is 2.36. The van der Waals surface area contributed by atoms with Crippen LogP contribution in [0.5, 0.6) is 0 Å². The lowest BCUT2D eigenvalue weighted by Crippen LogP contribution is -2.05. The van der Waals surface area contributed by atoms with Gasteiger partial charge in [-0.1, -0.05) is 6.07 Å². The molecule has 2 aliphatic rings. The highest BCUT2D eigenvalue weighted by molar-refractivity contribution is 5.83. The third kappa shape index (κ3) is 3.61. The van der Waals surface area contributed by atoms with Crippen molar-refractivity contribution in [1.82, 2.24) is 29.3 Å². The van der Waals surface area contributed by atoms with E-state index in [2.05, 4.69) is 49.4 Å².